The number of nitrogens with one attached hydrogen (secondary N) is 1. The Hall–Kier alpha value is -3.06. The molecule has 0 aliphatic carbocycles. The first-order valence-corrected chi connectivity index (χ1v) is 16.8. The van der Waals surface area contributed by atoms with Crippen molar-refractivity contribution in [3.63, 3.8) is 0 Å². The van der Waals surface area contributed by atoms with Crippen LogP contribution in [-0.2, 0) is 44.8 Å². The number of anilines is 2. The Morgan fingerprint density at radius 1 is 0.886 bits per heavy atom. The van der Waals surface area contributed by atoms with Crippen LogP contribution < -0.4 is 16.2 Å². The van der Waals surface area contributed by atoms with Gasteiger partial charge in [0.2, 0.25) is 0 Å². The molecular weight excluding hydrogens is 649 g/mol. The molecule has 44 heavy (non-hydrogen) atoms. The number of hydrogen-bond donors (Lipinski definition) is 6. The molecule has 0 amide bonds. The minimum absolute atomic E-state index is 0.0769. The first kappa shape index (κ1) is 29.6. The van der Waals surface area contributed by atoms with Crippen LogP contribution in [0.5, 0.6) is 0 Å². The topological polar surface area (TPSA) is 292 Å². The van der Waals surface area contributed by atoms with E-state index in [0.717, 1.165) is 0 Å². The molecule has 0 aromatic carbocycles. The molecule has 3 fully saturated rings. The highest BCUT2D eigenvalue weighted by molar-refractivity contribution is 8.07. The molecule has 9 atom stereocenters. The van der Waals surface area contributed by atoms with Gasteiger partial charge in [-0.05, 0) is 11.8 Å². The first-order chi connectivity index (χ1) is 20.9. The molecule has 3 aliphatic heterocycles. The second kappa shape index (κ2) is 10.8. The minimum atomic E-state index is -4.60. The van der Waals surface area contributed by atoms with Crippen molar-refractivity contribution in [3.05, 3.63) is 25.3 Å². The zero-order chi connectivity index (χ0) is 31.0. The number of nitrogens with zero attached hydrogens (tertiary/aromatic N) is 8. The van der Waals surface area contributed by atoms with E-state index >= 15 is 0 Å². The van der Waals surface area contributed by atoms with Crippen molar-refractivity contribution in [2.24, 2.45) is 0 Å². The molecule has 21 nitrogen and oxygen atoms in total. The van der Waals surface area contributed by atoms with E-state index in [1.54, 1.807) is 0 Å². The third kappa shape index (κ3) is 5.09. The van der Waals surface area contributed by atoms with E-state index in [-0.39, 0.29) is 34.0 Å². The summed E-state index contributed by atoms with van der Waals surface area (Å²) in [6, 6.07) is 0. The van der Waals surface area contributed by atoms with Gasteiger partial charge in [0.15, 0.2) is 35.4 Å². The van der Waals surface area contributed by atoms with Gasteiger partial charge in [-0.3, -0.25) is 13.7 Å². The van der Waals surface area contributed by atoms with E-state index < -0.39 is 79.3 Å². The molecule has 4 aromatic heterocycles. The fourth-order valence-corrected chi connectivity index (χ4v) is 7.69. The molecular formula is C20H24N11O10PS2. The Balaban J connectivity index is 1.17. The second-order valence-electron chi connectivity index (χ2n) is 9.98. The van der Waals surface area contributed by atoms with Crippen LogP contribution in [0, 0.1) is 0 Å². The number of fused-ring (bicyclic) bond motifs is 4. The number of aliphatic hydroxyl groups excluding tert-OH is 2. The summed E-state index contributed by atoms with van der Waals surface area (Å²) >= 11 is 5.21. The number of hydrogen-bond acceptors (Lipinski definition) is 18. The van der Waals surface area contributed by atoms with Gasteiger partial charge in [0.25, 0.3) is 0 Å². The van der Waals surface area contributed by atoms with Crippen molar-refractivity contribution < 1.29 is 46.2 Å². The number of rotatable bonds is 2. The molecule has 0 saturated carbocycles. The van der Waals surface area contributed by atoms with Gasteiger partial charge in [0.1, 0.15) is 60.3 Å². The summed E-state index contributed by atoms with van der Waals surface area (Å²) < 4.78 is 59.4. The van der Waals surface area contributed by atoms with Crippen LogP contribution in [-0.4, -0.2) is 112 Å². The zero-order valence-corrected chi connectivity index (χ0v) is 24.6. The molecule has 3 aliphatic rings. The maximum Gasteiger partial charge on any atom is 0.336 e. The normalized spacial score (nSPS) is 36.1. The molecule has 7 rings (SSSR count). The van der Waals surface area contributed by atoms with E-state index in [9.17, 15) is 23.5 Å². The van der Waals surface area contributed by atoms with Crippen molar-refractivity contribution >= 4 is 62.8 Å². The van der Waals surface area contributed by atoms with E-state index in [2.05, 4.69) is 34.6 Å². The van der Waals surface area contributed by atoms with Crippen molar-refractivity contribution in [3.8, 4) is 0 Å². The largest absolute Gasteiger partial charge is 0.386 e. The zero-order valence-electron chi connectivity index (χ0n) is 22.0. The highest BCUT2D eigenvalue weighted by Gasteiger charge is 2.52. The predicted octanol–water partition coefficient (Wildman–Crippen LogP) is -2.80. The van der Waals surface area contributed by atoms with Crippen LogP contribution >= 0.6 is 6.72 Å². The number of ether oxygens (including phenoxy) is 2. The van der Waals surface area contributed by atoms with Gasteiger partial charge in [0.05, 0.1) is 19.3 Å². The van der Waals surface area contributed by atoms with Gasteiger partial charge in [-0.1, -0.05) is 0 Å². The smallest absolute Gasteiger partial charge is 0.336 e. The Morgan fingerprint density at radius 2 is 1.43 bits per heavy atom. The Labute approximate surface area is 251 Å². The number of nitrogen functional groups attached to an aromatic ring is 2. The van der Waals surface area contributed by atoms with Crippen LogP contribution in [0.15, 0.2) is 25.3 Å². The molecule has 4 aromatic rings. The van der Waals surface area contributed by atoms with Crippen molar-refractivity contribution in [1.82, 2.24) is 43.8 Å². The molecule has 0 spiro atoms. The van der Waals surface area contributed by atoms with E-state index in [0.29, 0.717) is 0 Å². The average molecular weight is 674 g/mol. The summed E-state index contributed by atoms with van der Waals surface area (Å²) in [5.74, 6) is 0.164. The summed E-state index contributed by atoms with van der Waals surface area (Å²) in [4.78, 5) is 35.2. The van der Waals surface area contributed by atoms with Gasteiger partial charge >= 0.3 is 17.0 Å². The Morgan fingerprint density at radius 3 is 2.02 bits per heavy atom. The van der Waals surface area contributed by atoms with Gasteiger partial charge in [0, 0.05) is 6.54 Å². The monoisotopic (exact) mass is 673 g/mol. The lowest BCUT2D eigenvalue weighted by Gasteiger charge is -2.28. The van der Waals surface area contributed by atoms with Gasteiger partial charge in [-0.25, -0.2) is 34.1 Å². The lowest BCUT2D eigenvalue weighted by atomic mass is 10.1. The Kier molecular flexibility index (Phi) is 7.26. The number of aliphatic hydroxyl groups is 2. The second-order valence-corrected chi connectivity index (χ2v) is 14.2. The molecule has 0 bridgehead atoms. The Bertz CT molecular complexity index is 1890. The molecule has 0 radical (unpaired) electrons. The predicted molar refractivity (Wildman–Crippen MR) is 148 cm³/mol. The average Bonchev–Trinajstić information content (AvgIpc) is 3.73. The quantitative estimate of drug-likeness (QED) is 0.117. The van der Waals surface area contributed by atoms with Crippen LogP contribution in [0.1, 0.15) is 12.5 Å². The van der Waals surface area contributed by atoms with E-state index in [4.69, 9.17) is 46.0 Å². The molecule has 1 unspecified atom stereocenters. The van der Waals surface area contributed by atoms with Gasteiger partial charge < -0.3 is 40.6 Å². The van der Waals surface area contributed by atoms with Crippen LogP contribution in [0.3, 0.4) is 0 Å². The maximum atomic E-state index is 13.1. The highest BCUT2D eigenvalue weighted by Crippen LogP contribution is 2.50. The van der Waals surface area contributed by atoms with Crippen LogP contribution in [0.2, 0.25) is 0 Å². The summed E-state index contributed by atoms with van der Waals surface area (Å²) in [6.07, 6.45) is -6.12. The number of imidazole rings is 2. The highest BCUT2D eigenvalue weighted by atomic mass is 32.5. The summed E-state index contributed by atoms with van der Waals surface area (Å²) in [5.41, 5.74) is 12.6. The van der Waals surface area contributed by atoms with Crippen molar-refractivity contribution in [1.29, 1.82) is 0 Å². The number of nitrogens with two attached hydrogens (primary N) is 2. The van der Waals surface area contributed by atoms with Crippen LogP contribution in [0.4, 0.5) is 11.6 Å². The number of aromatic nitrogens is 8. The van der Waals surface area contributed by atoms with Gasteiger partial charge in [-0.2, -0.15) is 13.1 Å². The summed E-state index contributed by atoms with van der Waals surface area (Å²) in [7, 11) is -4.60. The molecule has 236 valence electrons. The van der Waals surface area contributed by atoms with Crippen molar-refractivity contribution in [2.45, 2.75) is 49.1 Å². The third-order valence-electron chi connectivity index (χ3n) is 7.30. The van der Waals surface area contributed by atoms with E-state index in [1.807, 2.05) is 0 Å². The first-order valence-electron chi connectivity index (χ1n) is 12.8. The lowest BCUT2D eigenvalue weighted by Crippen LogP contribution is -2.46. The standard InChI is InChI=1S/C20H24N11O10PS2/c21-15-9-17(25-3-23-15)30(5-27-9)19-11(32)13-7(38-19)1-29-44(35,36)41-14-8(2-37-42(34,43)40-13)39-20(12(14)33)31-6-28-10-16(22)24-4-26-18(10)31/h3-8,11-14,19-20,29,32-33H,1-2H2,(H,34,43)(H2,21,23,25)(H2,22,24,26)/t7-,8-,11-,12-,13-,14-,19-,20-,42?/m1/s1. The van der Waals surface area contributed by atoms with Gasteiger partial charge in [-0.15, -0.1) is 0 Å². The third-order valence-corrected chi connectivity index (χ3v) is 9.85. The molecule has 24 heteroatoms. The van der Waals surface area contributed by atoms with E-state index in [1.165, 1.54) is 34.4 Å². The lowest BCUT2D eigenvalue weighted by molar-refractivity contribution is -0.0514. The molecule has 7 heterocycles. The fourth-order valence-electron chi connectivity index (χ4n) is 5.28. The molecule has 8 N–H and O–H groups in total. The van der Waals surface area contributed by atoms with Crippen LogP contribution in [0.25, 0.3) is 22.3 Å². The minimum Gasteiger partial charge on any atom is -0.386 e. The summed E-state index contributed by atoms with van der Waals surface area (Å²) in [6.45, 7) is -5.25. The SMILES string of the molecule is Nc1ncnc2c1ncn2[C@@H]1O[C@@H]2CNS(=O)(=O)O[C@H]3[C@@H](O)[C@H](n4cnc5c(N)ncnc54)O[C@@H]3COP(O)(=S)O[C@H]2[C@H]1O. The fraction of sp³-hybridized carbons (Fsp3) is 0.500. The summed E-state index contributed by atoms with van der Waals surface area (Å²) in [5, 5.41) is 22.4. The van der Waals surface area contributed by atoms with Crippen molar-refractivity contribution in [2.75, 3.05) is 24.6 Å². The maximum absolute atomic E-state index is 13.1. The molecule has 3 saturated heterocycles.